The maximum atomic E-state index is 11.1. The number of benzene rings is 1. The van der Waals surface area contributed by atoms with Crippen LogP contribution in [-0.2, 0) is 11.4 Å². The van der Waals surface area contributed by atoms with E-state index in [1.165, 1.54) is 0 Å². The molecule has 0 spiro atoms. The minimum absolute atomic E-state index is 0.00919. The van der Waals surface area contributed by atoms with Crippen molar-refractivity contribution in [3.63, 3.8) is 0 Å². The Balaban J connectivity index is 2.66. The van der Waals surface area contributed by atoms with Gasteiger partial charge in [0.05, 0.1) is 6.61 Å². The quantitative estimate of drug-likeness (QED) is 0.838. The lowest BCUT2D eigenvalue weighted by atomic mass is 10.2. The Hall–Kier alpha value is -1.26. The zero-order chi connectivity index (χ0) is 12.8. The van der Waals surface area contributed by atoms with Crippen molar-refractivity contribution >= 4 is 23.2 Å². The molecule has 0 aromatic heterocycles. The van der Waals surface area contributed by atoms with Gasteiger partial charge in [-0.25, -0.2) is 0 Å². The van der Waals surface area contributed by atoms with Crippen molar-refractivity contribution in [3.05, 3.63) is 28.8 Å². The maximum absolute atomic E-state index is 11.1. The van der Waals surface area contributed by atoms with Gasteiger partial charge in [-0.05, 0) is 17.7 Å². The largest absolute Gasteiger partial charge is 0.392 e. The molecule has 0 aliphatic carbocycles. The Labute approximate surface area is 106 Å². The third-order valence-electron chi connectivity index (χ3n) is 2.60. The van der Waals surface area contributed by atoms with E-state index in [-0.39, 0.29) is 12.5 Å². The Bertz CT molecular complexity index is 396. The van der Waals surface area contributed by atoms with Crippen molar-refractivity contribution in [2.75, 3.05) is 25.5 Å². The molecule has 0 atom stereocenters. The Kier molecular flexibility index (Phi) is 5.25. The third kappa shape index (κ3) is 3.91. The minimum Gasteiger partial charge on any atom is -0.392 e. The molecule has 0 aliphatic rings. The Morgan fingerprint density at radius 3 is 2.76 bits per heavy atom. The highest BCUT2D eigenvalue weighted by atomic mass is 35.5. The average molecular weight is 257 g/mol. The van der Waals surface area contributed by atoms with Gasteiger partial charge in [0.25, 0.3) is 0 Å². The number of halogens is 1. The fraction of sp³-hybridized carbons (Fsp3) is 0.417. The second-order valence-electron chi connectivity index (χ2n) is 3.78. The van der Waals surface area contributed by atoms with Crippen LogP contribution in [0.5, 0.6) is 0 Å². The molecule has 4 nitrogen and oxygen atoms in total. The first-order valence-corrected chi connectivity index (χ1v) is 5.77. The highest BCUT2D eigenvalue weighted by Crippen LogP contribution is 2.23. The van der Waals surface area contributed by atoms with E-state index in [1.54, 1.807) is 19.2 Å². The standard InChI is InChI=1S/C12H17ClN2O2/c1-14-12(17)5-6-15(2)10-4-3-9(8-16)11(13)7-10/h3-4,7,16H,5-6,8H2,1-2H3,(H,14,17). The SMILES string of the molecule is CNC(=O)CCN(C)c1ccc(CO)c(Cl)c1. The molecule has 17 heavy (non-hydrogen) atoms. The first-order chi connectivity index (χ1) is 8.08. The number of carbonyl (C=O) groups is 1. The summed E-state index contributed by atoms with van der Waals surface area (Å²) in [6, 6.07) is 5.45. The number of carbonyl (C=O) groups excluding carboxylic acids is 1. The number of hydrogen-bond donors (Lipinski definition) is 2. The van der Waals surface area contributed by atoms with Crippen molar-refractivity contribution in [1.82, 2.24) is 5.32 Å². The molecule has 1 aromatic rings. The number of hydrogen-bond acceptors (Lipinski definition) is 3. The average Bonchev–Trinajstić information content (AvgIpc) is 2.35. The Morgan fingerprint density at radius 2 is 2.24 bits per heavy atom. The van der Waals surface area contributed by atoms with E-state index < -0.39 is 0 Å². The molecule has 0 fully saturated rings. The summed E-state index contributed by atoms with van der Waals surface area (Å²) in [5, 5.41) is 12.1. The summed E-state index contributed by atoms with van der Waals surface area (Å²) in [6.07, 6.45) is 0.437. The number of anilines is 1. The van der Waals surface area contributed by atoms with Gasteiger partial charge >= 0.3 is 0 Å². The highest BCUT2D eigenvalue weighted by Gasteiger charge is 2.06. The van der Waals surface area contributed by atoms with E-state index in [0.29, 0.717) is 23.6 Å². The molecule has 0 radical (unpaired) electrons. The zero-order valence-electron chi connectivity index (χ0n) is 10.0. The Morgan fingerprint density at radius 1 is 1.53 bits per heavy atom. The van der Waals surface area contributed by atoms with E-state index in [4.69, 9.17) is 16.7 Å². The summed E-state index contributed by atoms with van der Waals surface area (Å²) in [5.41, 5.74) is 1.63. The second-order valence-corrected chi connectivity index (χ2v) is 4.19. The molecule has 0 saturated heterocycles. The lowest BCUT2D eigenvalue weighted by molar-refractivity contribution is -0.120. The van der Waals surface area contributed by atoms with E-state index >= 15 is 0 Å². The molecule has 5 heteroatoms. The van der Waals surface area contributed by atoms with Crippen LogP contribution >= 0.6 is 11.6 Å². The van der Waals surface area contributed by atoms with Crippen LogP contribution < -0.4 is 10.2 Å². The molecule has 1 amide bonds. The normalized spacial score (nSPS) is 10.1. The fourth-order valence-corrected chi connectivity index (χ4v) is 1.66. The molecule has 2 N–H and O–H groups in total. The number of nitrogens with one attached hydrogen (secondary N) is 1. The van der Waals surface area contributed by atoms with Crippen LogP contribution in [0.25, 0.3) is 0 Å². The van der Waals surface area contributed by atoms with Crippen LogP contribution in [0.3, 0.4) is 0 Å². The molecular formula is C12H17ClN2O2. The fourth-order valence-electron chi connectivity index (χ4n) is 1.43. The van der Waals surface area contributed by atoms with Crippen molar-refractivity contribution in [2.24, 2.45) is 0 Å². The zero-order valence-corrected chi connectivity index (χ0v) is 10.8. The van der Waals surface area contributed by atoms with Gasteiger partial charge in [0, 0.05) is 37.8 Å². The molecule has 0 unspecified atom stereocenters. The monoisotopic (exact) mass is 256 g/mol. The van der Waals surface area contributed by atoms with Crippen molar-refractivity contribution in [2.45, 2.75) is 13.0 Å². The van der Waals surface area contributed by atoms with E-state index in [2.05, 4.69) is 5.32 Å². The van der Waals surface area contributed by atoms with Gasteiger partial charge in [-0.1, -0.05) is 17.7 Å². The summed E-state index contributed by atoms with van der Waals surface area (Å²) >= 11 is 6.00. The van der Waals surface area contributed by atoms with Gasteiger partial charge in [-0.15, -0.1) is 0 Å². The number of nitrogens with zero attached hydrogens (tertiary/aromatic N) is 1. The topological polar surface area (TPSA) is 52.6 Å². The number of aliphatic hydroxyl groups is 1. The van der Waals surface area contributed by atoms with E-state index in [9.17, 15) is 4.79 Å². The molecule has 0 heterocycles. The van der Waals surface area contributed by atoms with Crippen LogP contribution in [0.1, 0.15) is 12.0 Å². The number of rotatable bonds is 5. The maximum Gasteiger partial charge on any atom is 0.221 e. The summed E-state index contributed by atoms with van der Waals surface area (Å²) in [4.78, 5) is 13.1. The predicted octanol–water partition coefficient (Wildman–Crippen LogP) is 1.40. The summed E-state index contributed by atoms with van der Waals surface area (Å²) in [6.45, 7) is 0.551. The summed E-state index contributed by atoms with van der Waals surface area (Å²) in [5.74, 6) is 0.00919. The van der Waals surface area contributed by atoms with Crippen LogP contribution in [0.4, 0.5) is 5.69 Å². The molecule has 0 bridgehead atoms. The second kappa shape index (κ2) is 6.47. The minimum atomic E-state index is -0.0684. The van der Waals surface area contributed by atoms with Gasteiger partial charge in [0.2, 0.25) is 5.91 Å². The molecule has 1 rings (SSSR count). The molecular weight excluding hydrogens is 240 g/mol. The highest BCUT2D eigenvalue weighted by molar-refractivity contribution is 6.31. The van der Waals surface area contributed by atoms with Gasteiger partial charge < -0.3 is 15.3 Å². The predicted molar refractivity (Wildman–Crippen MR) is 69.3 cm³/mol. The van der Waals surface area contributed by atoms with Crippen LogP contribution in [0.2, 0.25) is 5.02 Å². The third-order valence-corrected chi connectivity index (χ3v) is 2.95. The smallest absolute Gasteiger partial charge is 0.221 e. The van der Waals surface area contributed by atoms with Crippen LogP contribution in [-0.4, -0.2) is 31.7 Å². The van der Waals surface area contributed by atoms with Gasteiger partial charge in [-0.3, -0.25) is 4.79 Å². The number of aliphatic hydroxyl groups excluding tert-OH is 1. The lowest BCUT2D eigenvalue weighted by Crippen LogP contribution is -2.26. The van der Waals surface area contributed by atoms with Crippen molar-refractivity contribution in [1.29, 1.82) is 0 Å². The lowest BCUT2D eigenvalue weighted by Gasteiger charge is -2.19. The van der Waals surface area contributed by atoms with Crippen molar-refractivity contribution < 1.29 is 9.90 Å². The summed E-state index contributed by atoms with van der Waals surface area (Å²) in [7, 11) is 3.52. The van der Waals surface area contributed by atoms with Crippen molar-refractivity contribution in [3.8, 4) is 0 Å². The van der Waals surface area contributed by atoms with Gasteiger partial charge in [0.15, 0.2) is 0 Å². The first-order valence-electron chi connectivity index (χ1n) is 5.39. The number of amides is 1. The van der Waals surface area contributed by atoms with Crippen LogP contribution in [0, 0.1) is 0 Å². The first kappa shape index (κ1) is 13.8. The van der Waals surface area contributed by atoms with Crippen LogP contribution in [0.15, 0.2) is 18.2 Å². The van der Waals surface area contributed by atoms with E-state index in [1.807, 2.05) is 18.0 Å². The van der Waals surface area contributed by atoms with Gasteiger partial charge in [0.1, 0.15) is 0 Å². The summed E-state index contributed by atoms with van der Waals surface area (Å²) < 4.78 is 0. The van der Waals surface area contributed by atoms with E-state index in [0.717, 1.165) is 5.69 Å². The van der Waals surface area contributed by atoms with Gasteiger partial charge in [-0.2, -0.15) is 0 Å². The molecule has 1 aromatic carbocycles. The molecule has 0 aliphatic heterocycles. The molecule has 0 saturated carbocycles. The molecule has 94 valence electrons.